The molecule has 0 unspecified atom stereocenters. The van der Waals surface area contributed by atoms with Crippen LogP contribution in [0.15, 0.2) is 23.2 Å². The minimum Gasteiger partial charge on any atom is -0.347 e. The lowest BCUT2D eigenvalue weighted by atomic mass is 9.97. The first-order valence-corrected chi connectivity index (χ1v) is 4.93. The number of anilines is 1. The van der Waals surface area contributed by atoms with Gasteiger partial charge in [-0.05, 0) is 36.1 Å². The molecule has 14 heavy (non-hydrogen) atoms. The van der Waals surface area contributed by atoms with Crippen LogP contribution in [-0.4, -0.2) is 13.4 Å². The maximum atomic E-state index is 3.89. The van der Waals surface area contributed by atoms with Gasteiger partial charge >= 0.3 is 0 Å². The molecular formula is C12H18N2. The molecule has 0 aliphatic heterocycles. The summed E-state index contributed by atoms with van der Waals surface area (Å²) < 4.78 is 0. The summed E-state index contributed by atoms with van der Waals surface area (Å²) in [5, 5.41) is 3.13. The molecular weight excluding hydrogens is 172 g/mol. The molecule has 0 radical (unpaired) electrons. The molecule has 0 fully saturated rings. The Kier molecular flexibility index (Phi) is 3.69. The van der Waals surface area contributed by atoms with E-state index >= 15 is 0 Å². The Morgan fingerprint density at radius 2 is 2.07 bits per heavy atom. The molecule has 1 aromatic carbocycles. The van der Waals surface area contributed by atoms with Gasteiger partial charge in [-0.3, -0.25) is 4.99 Å². The van der Waals surface area contributed by atoms with E-state index in [0.29, 0.717) is 5.92 Å². The average molecular weight is 190 g/mol. The molecule has 0 atom stereocenters. The summed E-state index contributed by atoms with van der Waals surface area (Å²) in [7, 11) is 1.75. The highest BCUT2D eigenvalue weighted by Gasteiger charge is 2.03. The van der Waals surface area contributed by atoms with Crippen LogP contribution >= 0.6 is 0 Å². The van der Waals surface area contributed by atoms with E-state index in [4.69, 9.17) is 0 Å². The van der Waals surface area contributed by atoms with Crippen molar-refractivity contribution in [3.63, 3.8) is 0 Å². The van der Waals surface area contributed by atoms with Gasteiger partial charge < -0.3 is 5.32 Å². The summed E-state index contributed by atoms with van der Waals surface area (Å²) >= 11 is 0. The minimum absolute atomic E-state index is 0.565. The van der Waals surface area contributed by atoms with Gasteiger partial charge in [0.05, 0.1) is 6.34 Å². The summed E-state index contributed by atoms with van der Waals surface area (Å²) in [6.45, 7) is 6.56. The summed E-state index contributed by atoms with van der Waals surface area (Å²) in [6, 6.07) is 6.39. The fourth-order valence-corrected chi connectivity index (χ4v) is 1.49. The Hall–Kier alpha value is -1.31. The topological polar surface area (TPSA) is 24.4 Å². The second-order valence-electron chi connectivity index (χ2n) is 3.76. The quantitative estimate of drug-likeness (QED) is 0.574. The number of nitrogens with zero attached hydrogens (tertiary/aromatic N) is 1. The Morgan fingerprint density at radius 3 is 2.64 bits per heavy atom. The third-order valence-electron chi connectivity index (χ3n) is 2.26. The first-order valence-electron chi connectivity index (χ1n) is 4.93. The second-order valence-corrected chi connectivity index (χ2v) is 3.76. The average Bonchev–Trinajstić information content (AvgIpc) is 2.16. The van der Waals surface area contributed by atoms with Crippen molar-refractivity contribution in [1.82, 2.24) is 0 Å². The van der Waals surface area contributed by atoms with Crippen LogP contribution in [0, 0.1) is 6.92 Å². The molecule has 76 valence electrons. The number of hydrogen-bond acceptors (Lipinski definition) is 1. The highest BCUT2D eigenvalue weighted by molar-refractivity contribution is 5.75. The smallest absolute Gasteiger partial charge is 0.0864 e. The molecule has 0 bridgehead atoms. The van der Waals surface area contributed by atoms with Crippen LogP contribution in [0.2, 0.25) is 0 Å². The van der Waals surface area contributed by atoms with Crippen molar-refractivity contribution in [1.29, 1.82) is 0 Å². The number of hydrogen-bond donors (Lipinski definition) is 1. The van der Waals surface area contributed by atoms with E-state index in [0.717, 1.165) is 5.69 Å². The Morgan fingerprint density at radius 1 is 1.36 bits per heavy atom. The SMILES string of the molecule is CN=CNc1ccc(C)c(C(C)C)c1. The number of aryl methyl sites for hydroxylation is 1. The number of aliphatic imine (C=N–C) groups is 1. The highest BCUT2D eigenvalue weighted by atomic mass is 14.9. The molecule has 0 amide bonds. The van der Waals surface area contributed by atoms with Crippen LogP contribution in [-0.2, 0) is 0 Å². The van der Waals surface area contributed by atoms with Gasteiger partial charge in [-0.2, -0.15) is 0 Å². The van der Waals surface area contributed by atoms with Crippen molar-refractivity contribution in [3.8, 4) is 0 Å². The van der Waals surface area contributed by atoms with Crippen molar-refractivity contribution in [2.45, 2.75) is 26.7 Å². The van der Waals surface area contributed by atoms with Gasteiger partial charge in [-0.15, -0.1) is 0 Å². The minimum atomic E-state index is 0.565. The highest BCUT2D eigenvalue weighted by Crippen LogP contribution is 2.22. The first kappa shape index (κ1) is 10.8. The number of benzene rings is 1. The third-order valence-corrected chi connectivity index (χ3v) is 2.26. The molecule has 0 saturated heterocycles. The van der Waals surface area contributed by atoms with Crippen molar-refractivity contribution in [2.24, 2.45) is 4.99 Å². The molecule has 2 nitrogen and oxygen atoms in total. The Labute approximate surface area is 86.1 Å². The van der Waals surface area contributed by atoms with Crippen molar-refractivity contribution in [3.05, 3.63) is 29.3 Å². The summed E-state index contributed by atoms with van der Waals surface area (Å²) in [4.78, 5) is 3.89. The Bertz CT molecular complexity index is 327. The van der Waals surface area contributed by atoms with Crippen LogP contribution in [0.1, 0.15) is 30.9 Å². The van der Waals surface area contributed by atoms with Gasteiger partial charge in [-0.1, -0.05) is 19.9 Å². The van der Waals surface area contributed by atoms with Gasteiger partial charge in [0.2, 0.25) is 0 Å². The van der Waals surface area contributed by atoms with Crippen LogP contribution < -0.4 is 5.32 Å². The van der Waals surface area contributed by atoms with Crippen LogP contribution in [0.4, 0.5) is 5.69 Å². The molecule has 1 N–H and O–H groups in total. The lowest BCUT2D eigenvalue weighted by molar-refractivity contribution is 0.857. The zero-order valence-corrected chi connectivity index (χ0v) is 9.33. The maximum absolute atomic E-state index is 3.89. The van der Waals surface area contributed by atoms with E-state index < -0.39 is 0 Å². The fourth-order valence-electron chi connectivity index (χ4n) is 1.49. The molecule has 1 aromatic rings. The third kappa shape index (κ3) is 2.59. The van der Waals surface area contributed by atoms with E-state index in [2.05, 4.69) is 49.3 Å². The van der Waals surface area contributed by atoms with Crippen molar-refractivity contribution >= 4 is 12.0 Å². The Balaban J connectivity index is 2.94. The second kappa shape index (κ2) is 4.80. The molecule has 1 rings (SSSR count). The van der Waals surface area contributed by atoms with Gasteiger partial charge in [0.25, 0.3) is 0 Å². The van der Waals surface area contributed by atoms with Gasteiger partial charge in [0.1, 0.15) is 0 Å². The standard InChI is InChI=1S/C12H18N2/c1-9(2)12-7-11(14-8-13-4)6-5-10(12)3/h5-9H,1-4H3,(H,13,14). The molecule has 0 aliphatic rings. The molecule has 0 aliphatic carbocycles. The zero-order valence-electron chi connectivity index (χ0n) is 9.33. The van der Waals surface area contributed by atoms with Crippen molar-refractivity contribution in [2.75, 3.05) is 12.4 Å². The zero-order chi connectivity index (χ0) is 10.6. The van der Waals surface area contributed by atoms with Crippen LogP contribution in [0.5, 0.6) is 0 Å². The molecule has 0 spiro atoms. The first-order chi connectivity index (χ1) is 6.65. The molecule has 2 heteroatoms. The predicted molar refractivity (Wildman–Crippen MR) is 63.3 cm³/mol. The fraction of sp³-hybridized carbons (Fsp3) is 0.417. The van der Waals surface area contributed by atoms with E-state index in [1.165, 1.54) is 11.1 Å². The van der Waals surface area contributed by atoms with Crippen LogP contribution in [0.25, 0.3) is 0 Å². The van der Waals surface area contributed by atoms with E-state index in [1.54, 1.807) is 13.4 Å². The molecule has 0 saturated carbocycles. The van der Waals surface area contributed by atoms with Gasteiger partial charge in [0.15, 0.2) is 0 Å². The maximum Gasteiger partial charge on any atom is 0.0864 e. The number of nitrogens with one attached hydrogen (secondary N) is 1. The number of rotatable bonds is 3. The van der Waals surface area contributed by atoms with E-state index in [9.17, 15) is 0 Å². The molecule has 0 aromatic heterocycles. The van der Waals surface area contributed by atoms with Gasteiger partial charge in [0, 0.05) is 12.7 Å². The van der Waals surface area contributed by atoms with Gasteiger partial charge in [-0.25, -0.2) is 0 Å². The van der Waals surface area contributed by atoms with Crippen LogP contribution in [0.3, 0.4) is 0 Å². The predicted octanol–water partition coefficient (Wildman–Crippen LogP) is 3.19. The van der Waals surface area contributed by atoms with Crippen molar-refractivity contribution < 1.29 is 0 Å². The van der Waals surface area contributed by atoms with E-state index in [1.807, 2.05) is 0 Å². The lowest BCUT2D eigenvalue weighted by Crippen LogP contribution is -1.98. The normalized spacial score (nSPS) is 11.2. The lowest BCUT2D eigenvalue weighted by Gasteiger charge is -2.11. The summed E-state index contributed by atoms with van der Waals surface area (Å²) in [6.07, 6.45) is 1.70. The monoisotopic (exact) mass is 190 g/mol. The summed E-state index contributed by atoms with van der Waals surface area (Å²) in [5.41, 5.74) is 3.84. The largest absolute Gasteiger partial charge is 0.347 e. The van der Waals surface area contributed by atoms with E-state index in [-0.39, 0.29) is 0 Å². The summed E-state index contributed by atoms with van der Waals surface area (Å²) in [5.74, 6) is 0.565. The molecule has 0 heterocycles.